The lowest BCUT2D eigenvalue weighted by atomic mass is 9.97. The number of rotatable bonds is 8. The summed E-state index contributed by atoms with van der Waals surface area (Å²) in [4.78, 5) is 4.76. The zero-order valence-electron chi connectivity index (χ0n) is 28.4. The van der Waals surface area contributed by atoms with E-state index in [4.69, 9.17) is 0 Å². The molecule has 50 heavy (non-hydrogen) atoms. The number of benzene rings is 8. The lowest BCUT2D eigenvalue weighted by Gasteiger charge is -2.29. The standard InChI is InChI=1S/C48H38N2/c1-35-15-13-23-41(33-35)49(39-19-5-3-6-20-39)47-31-27-37-17-9-11-25-43(37)45(47)29-30-46-44-26-12-10-18-38(44)28-32-48(46)50(40-21-7-4-8-22-40)42-24-14-16-36(2)34-42/h3-34H,1-2H3/b30-29+. The molecule has 0 saturated carbocycles. The molecule has 0 aliphatic heterocycles. The minimum absolute atomic E-state index is 1.11. The van der Waals surface area contributed by atoms with Gasteiger partial charge < -0.3 is 9.80 Å². The molecule has 0 spiro atoms. The summed E-state index contributed by atoms with van der Waals surface area (Å²) in [5.74, 6) is 0. The van der Waals surface area contributed by atoms with Crippen molar-refractivity contribution in [3.05, 3.63) is 204 Å². The van der Waals surface area contributed by atoms with Gasteiger partial charge in [-0.2, -0.15) is 0 Å². The molecule has 0 N–H and O–H groups in total. The minimum Gasteiger partial charge on any atom is -0.310 e. The maximum atomic E-state index is 2.38. The fraction of sp³-hybridized carbons (Fsp3) is 0.0417. The van der Waals surface area contributed by atoms with E-state index in [-0.39, 0.29) is 0 Å². The molecule has 240 valence electrons. The Bertz CT molecular complexity index is 2290. The van der Waals surface area contributed by atoms with Crippen molar-refractivity contribution in [3.63, 3.8) is 0 Å². The van der Waals surface area contributed by atoms with Crippen LogP contribution in [0.4, 0.5) is 34.1 Å². The molecule has 0 aromatic heterocycles. The number of para-hydroxylation sites is 2. The van der Waals surface area contributed by atoms with Gasteiger partial charge in [-0.05, 0) is 107 Å². The third-order valence-electron chi connectivity index (χ3n) is 9.34. The first-order valence-corrected chi connectivity index (χ1v) is 17.2. The van der Waals surface area contributed by atoms with Crippen molar-refractivity contribution in [2.24, 2.45) is 0 Å². The fourth-order valence-corrected chi connectivity index (χ4v) is 7.02. The molecule has 8 aromatic rings. The van der Waals surface area contributed by atoms with E-state index in [0.29, 0.717) is 0 Å². The molecule has 0 heterocycles. The molecule has 0 saturated heterocycles. The number of hydrogen-bond acceptors (Lipinski definition) is 2. The normalized spacial score (nSPS) is 11.3. The van der Waals surface area contributed by atoms with Gasteiger partial charge in [-0.15, -0.1) is 0 Å². The minimum atomic E-state index is 1.11. The fourth-order valence-electron chi connectivity index (χ4n) is 7.02. The molecule has 2 heteroatoms. The van der Waals surface area contributed by atoms with Gasteiger partial charge in [0.05, 0.1) is 11.4 Å². The first-order chi connectivity index (χ1) is 24.6. The number of aryl methyl sites for hydroxylation is 2. The van der Waals surface area contributed by atoms with Crippen molar-refractivity contribution < 1.29 is 0 Å². The topological polar surface area (TPSA) is 6.48 Å². The molecule has 8 rings (SSSR count). The van der Waals surface area contributed by atoms with Gasteiger partial charge in [0.15, 0.2) is 0 Å². The summed E-state index contributed by atoms with van der Waals surface area (Å²) in [6.45, 7) is 4.31. The highest BCUT2D eigenvalue weighted by Crippen LogP contribution is 2.43. The third-order valence-corrected chi connectivity index (χ3v) is 9.34. The number of hydrogen-bond donors (Lipinski definition) is 0. The van der Waals surface area contributed by atoms with E-state index in [0.717, 1.165) is 45.3 Å². The molecule has 0 aliphatic carbocycles. The van der Waals surface area contributed by atoms with Gasteiger partial charge in [0.2, 0.25) is 0 Å². The molecule has 2 nitrogen and oxygen atoms in total. The second-order valence-electron chi connectivity index (χ2n) is 12.8. The van der Waals surface area contributed by atoms with Crippen LogP contribution in [0.15, 0.2) is 182 Å². The molecule has 0 atom stereocenters. The van der Waals surface area contributed by atoms with Crippen LogP contribution in [0, 0.1) is 13.8 Å². The lowest BCUT2D eigenvalue weighted by Crippen LogP contribution is -2.12. The maximum Gasteiger partial charge on any atom is 0.0540 e. The van der Waals surface area contributed by atoms with Gasteiger partial charge in [-0.1, -0.05) is 133 Å². The second-order valence-corrected chi connectivity index (χ2v) is 12.8. The Morgan fingerprint density at radius 3 is 1.14 bits per heavy atom. The summed E-state index contributed by atoms with van der Waals surface area (Å²) in [5.41, 5.74) is 11.5. The zero-order valence-corrected chi connectivity index (χ0v) is 28.4. The monoisotopic (exact) mass is 642 g/mol. The van der Waals surface area contributed by atoms with Gasteiger partial charge in [-0.3, -0.25) is 0 Å². The summed E-state index contributed by atoms with van der Waals surface area (Å²) in [6.07, 6.45) is 4.65. The van der Waals surface area contributed by atoms with E-state index in [9.17, 15) is 0 Å². The van der Waals surface area contributed by atoms with E-state index in [1.807, 2.05) is 0 Å². The highest BCUT2D eigenvalue weighted by atomic mass is 15.1. The van der Waals surface area contributed by atoms with Crippen LogP contribution in [0.2, 0.25) is 0 Å². The van der Waals surface area contributed by atoms with Crippen molar-refractivity contribution in [2.45, 2.75) is 13.8 Å². The largest absolute Gasteiger partial charge is 0.310 e. The van der Waals surface area contributed by atoms with E-state index in [1.54, 1.807) is 0 Å². The number of anilines is 6. The molecule has 0 fully saturated rings. The highest BCUT2D eigenvalue weighted by molar-refractivity contribution is 6.05. The Morgan fingerprint density at radius 1 is 0.340 bits per heavy atom. The SMILES string of the molecule is Cc1cccc(N(c2ccccc2)c2ccc3ccccc3c2/C=C/c2c(N(c3ccccc3)c3cccc(C)c3)ccc3ccccc23)c1. The molecule has 0 unspecified atom stereocenters. The average Bonchev–Trinajstić information content (AvgIpc) is 3.16. The molecular formula is C48H38N2. The van der Waals surface area contributed by atoms with Gasteiger partial charge in [0, 0.05) is 33.9 Å². The van der Waals surface area contributed by atoms with Crippen molar-refractivity contribution in [2.75, 3.05) is 9.80 Å². The van der Waals surface area contributed by atoms with Crippen LogP contribution < -0.4 is 9.80 Å². The van der Waals surface area contributed by atoms with Crippen molar-refractivity contribution in [3.8, 4) is 0 Å². The predicted molar refractivity (Wildman–Crippen MR) is 216 cm³/mol. The van der Waals surface area contributed by atoms with Crippen LogP contribution in [0.1, 0.15) is 22.3 Å². The molecular weight excluding hydrogens is 605 g/mol. The third kappa shape index (κ3) is 6.04. The number of nitrogens with zero attached hydrogens (tertiary/aromatic N) is 2. The van der Waals surface area contributed by atoms with E-state index in [1.165, 1.54) is 32.7 Å². The average molecular weight is 643 g/mol. The highest BCUT2D eigenvalue weighted by Gasteiger charge is 2.20. The molecule has 8 aromatic carbocycles. The summed E-state index contributed by atoms with van der Waals surface area (Å²) < 4.78 is 0. The first kappa shape index (κ1) is 30.9. The van der Waals surface area contributed by atoms with Crippen LogP contribution in [0.5, 0.6) is 0 Å². The predicted octanol–water partition coefficient (Wildman–Crippen LogP) is 13.7. The maximum absolute atomic E-state index is 2.38. The Hall–Kier alpha value is -6.38. The summed E-state index contributed by atoms with van der Waals surface area (Å²) >= 11 is 0. The second kappa shape index (κ2) is 13.6. The van der Waals surface area contributed by atoms with Gasteiger partial charge in [0.1, 0.15) is 0 Å². The molecule has 0 aliphatic rings. The smallest absolute Gasteiger partial charge is 0.0540 e. The zero-order chi connectivity index (χ0) is 33.9. The van der Waals surface area contributed by atoms with Crippen LogP contribution in [-0.4, -0.2) is 0 Å². The van der Waals surface area contributed by atoms with Crippen molar-refractivity contribution in [1.82, 2.24) is 0 Å². The Kier molecular flexibility index (Phi) is 8.42. The molecule has 0 amide bonds. The Labute approximate surface area is 294 Å². The van der Waals surface area contributed by atoms with Gasteiger partial charge in [-0.25, -0.2) is 0 Å². The Morgan fingerprint density at radius 2 is 0.720 bits per heavy atom. The first-order valence-electron chi connectivity index (χ1n) is 17.2. The lowest BCUT2D eigenvalue weighted by molar-refractivity contribution is 1.27. The Balaban J connectivity index is 1.39. The molecule has 0 bridgehead atoms. The van der Waals surface area contributed by atoms with E-state index in [2.05, 4.69) is 218 Å². The van der Waals surface area contributed by atoms with Gasteiger partial charge >= 0.3 is 0 Å². The van der Waals surface area contributed by atoms with E-state index >= 15 is 0 Å². The molecule has 0 radical (unpaired) electrons. The summed E-state index contributed by atoms with van der Waals surface area (Å²) in [7, 11) is 0. The van der Waals surface area contributed by atoms with Crippen LogP contribution >= 0.6 is 0 Å². The van der Waals surface area contributed by atoms with Crippen molar-refractivity contribution in [1.29, 1.82) is 0 Å². The van der Waals surface area contributed by atoms with Crippen LogP contribution in [0.3, 0.4) is 0 Å². The number of fused-ring (bicyclic) bond motifs is 2. The summed E-state index contributed by atoms with van der Waals surface area (Å²) in [5, 5.41) is 4.82. The summed E-state index contributed by atoms with van der Waals surface area (Å²) in [6, 6.07) is 65.3. The van der Waals surface area contributed by atoms with Crippen molar-refractivity contribution >= 4 is 67.8 Å². The quantitative estimate of drug-likeness (QED) is 0.152. The van der Waals surface area contributed by atoms with E-state index < -0.39 is 0 Å². The van der Waals surface area contributed by atoms with Crippen LogP contribution in [0.25, 0.3) is 33.7 Å². The van der Waals surface area contributed by atoms with Gasteiger partial charge in [0.25, 0.3) is 0 Å². The van der Waals surface area contributed by atoms with Crippen LogP contribution in [-0.2, 0) is 0 Å².